The first kappa shape index (κ1) is 9.65. The predicted octanol–water partition coefficient (Wildman–Crippen LogP) is 3.36. The number of rotatable bonds is 3. The van der Waals surface area contributed by atoms with Crippen molar-refractivity contribution in [3.63, 3.8) is 0 Å². The van der Waals surface area contributed by atoms with E-state index < -0.39 is 0 Å². The van der Waals surface area contributed by atoms with E-state index in [2.05, 4.69) is 18.3 Å². The Morgan fingerprint density at radius 3 is 2.69 bits per heavy atom. The van der Waals surface area contributed by atoms with Gasteiger partial charge in [0.1, 0.15) is 5.82 Å². The van der Waals surface area contributed by atoms with Crippen molar-refractivity contribution < 1.29 is 4.39 Å². The molecule has 13 heavy (non-hydrogen) atoms. The van der Waals surface area contributed by atoms with Crippen LogP contribution in [0.4, 0.5) is 10.1 Å². The summed E-state index contributed by atoms with van der Waals surface area (Å²) < 4.78 is 13.6. The molecule has 0 heterocycles. The molecule has 0 N–H and O–H groups in total. The Labute approximate surface area is 77.6 Å². The van der Waals surface area contributed by atoms with Crippen LogP contribution in [0.1, 0.15) is 18.1 Å². The molecule has 0 saturated heterocycles. The Bertz CT molecular complexity index is 342. The molecule has 0 aliphatic carbocycles. The van der Waals surface area contributed by atoms with E-state index in [-0.39, 0.29) is 5.82 Å². The monoisotopic (exact) mass is 177 g/mol. The highest BCUT2D eigenvalue weighted by molar-refractivity contribution is 5.66. The molecule has 0 bridgehead atoms. The van der Waals surface area contributed by atoms with Gasteiger partial charge in [-0.15, -0.1) is 0 Å². The van der Waals surface area contributed by atoms with Crippen molar-refractivity contribution in [3.05, 3.63) is 35.7 Å². The minimum Gasteiger partial charge on any atom is -0.264 e. The largest absolute Gasteiger partial charge is 0.264 e. The first-order chi connectivity index (χ1) is 6.24. The maximum atomic E-state index is 13.6. The van der Waals surface area contributed by atoms with E-state index in [1.165, 1.54) is 6.08 Å². The SMILES string of the molecule is C=Cc1c(N=C)ccc(CC)c1F. The third kappa shape index (κ3) is 1.66. The van der Waals surface area contributed by atoms with Crippen molar-refractivity contribution in [2.24, 2.45) is 4.99 Å². The summed E-state index contributed by atoms with van der Waals surface area (Å²) in [5, 5.41) is 0. The molecular formula is C11H12FN. The average Bonchev–Trinajstić information content (AvgIpc) is 2.17. The zero-order chi connectivity index (χ0) is 9.84. The number of halogens is 1. The molecule has 0 fully saturated rings. The van der Waals surface area contributed by atoms with Crippen LogP contribution in [0.3, 0.4) is 0 Å². The highest BCUT2D eigenvalue weighted by Gasteiger charge is 2.08. The lowest BCUT2D eigenvalue weighted by atomic mass is 10.1. The molecule has 0 spiro atoms. The molecule has 0 saturated carbocycles. The lowest BCUT2D eigenvalue weighted by Gasteiger charge is -2.05. The van der Waals surface area contributed by atoms with Gasteiger partial charge in [0.05, 0.1) is 5.69 Å². The lowest BCUT2D eigenvalue weighted by Crippen LogP contribution is -1.91. The number of aryl methyl sites for hydroxylation is 1. The van der Waals surface area contributed by atoms with Gasteiger partial charge >= 0.3 is 0 Å². The van der Waals surface area contributed by atoms with Crippen LogP contribution in [0, 0.1) is 5.82 Å². The predicted molar refractivity (Wildman–Crippen MR) is 55.1 cm³/mol. The van der Waals surface area contributed by atoms with Crippen molar-refractivity contribution in [2.45, 2.75) is 13.3 Å². The van der Waals surface area contributed by atoms with Gasteiger partial charge in [-0.25, -0.2) is 4.39 Å². The summed E-state index contributed by atoms with van der Waals surface area (Å²) in [6.45, 7) is 8.83. The third-order valence-corrected chi connectivity index (χ3v) is 1.99. The second kappa shape index (κ2) is 3.99. The van der Waals surface area contributed by atoms with Crippen molar-refractivity contribution in [3.8, 4) is 0 Å². The molecule has 1 aromatic rings. The Morgan fingerprint density at radius 2 is 2.23 bits per heavy atom. The van der Waals surface area contributed by atoms with Crippen LogP contribution in [0.25, 0.3) is 6.08 Å². The van der Waals surface area contributed by atoms with Gasteiger partial charge in [0.2, 0.25) is 0 Å². The standard InChI is InChI=1S/C11H12FN/c1-4-8-6-7-10(13-3)9(5-2)11(8)12/h5-7H,2-4H2,1H3. The highest BCUT2D eigenvalue weighted by atomic mass is 19.1. The topological polar surface area (TPSA) is 12.4 Å². The molecule has 0 aliphatic heterocycles. The Hall–Kier alpha value is -1.44. The molecule has 0 atom stereocenters. The molecule has 0 aliphatic rings. The summed E-state index contributed by atoms with van der Waals surface area (Å²) in [6.07, 6.45) is 2.14. The maximum absolute atomic E-state index is 13.6. The first-order valence-electron chi connectivity index (χ1n) is 4.15. The van der Waals surface area contributed by atoms with Crippen LogP contribution in [0.5, 0.6) is 0 Å². The molecule has 0 radical (unpaired) electrons. The fourth-order valence-corrected chi connectivity index (χ4v) is 1.23. The van der Waals surface area contributed by atoms with E-state index in [1.54, 1.807) is 12.1 Å². The van der Waals surface area contributed by atoms with Crippen LogP contribution in [-0.2, 0) is 6.42 Å². The van der Waals surface area contributed by atoms with E-state index in [0.717, 1.165) is 0 Å². The van der Waals surface area contributed by atoms with E-state index in [1.807, 2.05) is 6.92 Å². The summed E-state index contributed by atoms with van der Waals surface area (Å²) in [6, 6.07) is 3.48. The number of nitrogens with zero attached hydrogens (tertiary/aromatic N) is 1. The molecule has 1 aromatic carbocycles. The molecule has 68 valence electrons. The molecule has 0 aromatic heterocycles. The van der Waals surface area contributed by atoms with Crippen molar-refractivity contribution >= 4 is 18.5 Å². The number of hydrogen-bond donors (Lipinski definition) is 0. The number of hydrogen-bond acceptors (Lipinski definition) is 1. The smallest absolute Gasteiger partial charge is 0.135 e. The molecule has 0 unspecified atom stereocenters. The van der Waals surface area contributed by atoms with Crippen molar-refractivity contribution in [1.82, 2.24) is 0 Å². The summed E-state index contributed by atoms with van der Waals surface area (Å²) >= 11 is 0. The van der Waals surface area contributed by atoms with Crippen LogP contribution in [0.2, 0.25) is 0 Å². The van der Waals surface area contributed by atoms with Gasteiger partial charge < -0.3 is 0 Å². The quantitative estimate of drug-likeness (QED) is 0.628. The summed E-state index contributed by atoms with van der Waals surface area (Å²) in [4.78, 5) is 3.72. The van der Waals surface area contributed by atoms with E-state index in [9.17, 15) is 4.39 Å². The van der Waals surface area contributed by atoms with Gasteiger partial charge in [-0.3, -0.25) is 4.99 Å². The van der Waals surface area contributed by atoms with Crippen LogP contribution in [0.15, 0.2) is 23.7 Å². The molecule has 1 nitrogen and oxygen atoms in total. The Balaban J connectivity index is 3.39. The van der Waals surface area contributed by atoms with Crippen LogP contribution < -0.4 is 0 Å². The van der Waals surface area contributed by atoms with Crippen LogP contribution >= 0.6 is 0 Å². The first-order valence-corrected chi connectivity index (χ1v) is 4.15. The maximum Gasteiger partial charge on any atom is 0.135 e. The normalized spacial score (nSPS) is 9.69. The average molecular weight is 177 g/mol. The summed E-state index contributed by atoms with van der Waals surface area (Å²) in [7, 11) is 0. The van der Waals surface area contributed by atoms with Crippen LogP contribution in [-0.4, -0.2) is 6.72 Å². The summed E-state index contributed by atoms with van der Waals surface area (Å²) in [5.74, 6) is -0.234. The molecule has 0 amide bonds. The van der Waals surface area contributed by atoms with Gasteiger partial charge in [-0.2, -0.15) is 0 Å². The Morgan fingerprint density at radius 1 is 1.54 bits per heavy atom. The minimum atomic E-state index is -0.234. The molecule has 2 heteroatoms. The van der Waals surface area contributed by atoms with E-state index in [0.29, 0.717) is 23.2 Å². The van der Waals surface area contributed by atoms with Gasteiger partial charge in [-0.05, 0) is 24.8 Å². The molecule has 1 rings (SSSR count). The zero-order valence-corrected chi connectivity index (χ0v) is 7.68. The second-order valence-electron chi connectivity index (χ2n) is 2.69. The van der Waals surface area contributed by atoms with Gasteiger partial charge in [-0.1, -0.05) is 25.6 Å². The second-order valence-corrected chi connectivity index (χ2v) is 2.69. The zero-order valence-electron chi connectivity index (χ0n) is 7.68. The van der Waals surface area contributed by atoms with Crippen molar-refractivity contribution in [1.29, 1.82) is 0 Å². The third-order valence-electron chi connectivity index (χ3n) is 1.99. The Kier molecular flexibility index (Phi) is 2.96. The van der Waals surface area contributed by atoms with Crippen molar-refractivity contribution in [2.75, 3.05) is 0 Å². The van der Waals surface area contributed by atoms with Gasteiger partial charge in [0.25, 0.3) is 0 Å². The minimum absolute atomic E-state index is 0.234. The van der Waals surface area contributed by atoms with E-state index >= 15 is 0 Å². The number of benzene rings is 1. The van der Waals surface area contributed by atoms with Gasteiger partial charge in [0.15, 0.2) is 0 Å². The highest BCUT2D eigenvalue weighted by Crippen LogP contribution is 2.25. The van der Waals surface area contributed by atoms with E-state index in [4.69, 9.17) is 0 Å². The van der Waals surface area contributed by atoms with Gasteiger partial charge in [0, 0.05) is 5.56 Å². The molecular weight excluding hydrogens is 165 g/mol. The number of aliphatic imine (C=N–C) groups is 1. The fraction of sp³-hybridized carbons (Fsp3) is 0.182. The summed E-state index contributed by atoms with van der Waals surface area (Å²) in [5.41, 5.74) is 1.67. The fourth-order valence-electron chi connectivity index (χ4n) is 1.23. The lowest BCUT2D eigenvalue weighted by molar-refractivity contribution is 0.610.